The Bertz CT molecular complexity index is 670. The summed E-state index contributed by atoms with van der Waals surface area (Å²) in [7, 11) is 3.47. The molecule has 0 radical (unpaired) electrons. The van der Waals surface area contributed by atoms with Crippen molar-refractivity contribution in [3.8, 4) is 0 Å². The van der Waals surface area contributed by atoms with E-state index in [-0.39, 0.29) is 18.4 Å². The van der Waals surface area contributed by atoms with Crippen LogP contribution in [0.2, 0.25) is 0 Å². The average molecular weight is 364 g/mol. The molecule has 7 nitrogen and oxygen atoms in total. The Morgan fingerprint density at radius 3 is 2.54 bits per heavy atom. The van der Waals surface area contributed by atoms with Gasteiger partial charge in [-0.1, -0.05) is 0 Å². The summed E-state index contributed by atoms with van der Waals surface area (Å²) in [6, 6.07) is 4.32. The molecule has 0 aromatic carbocycles. The van der Waals surface area contributed by atoms with Gasteiger partial charge in [-0.25, -0.2) is 4.79 Å². The fraction of sp³-hybridized carbons (Fsp3) is 0.684. The van der Waals surface area contributed by atoms with E-state index in [1.807, 2.05) is 38.5 Å². The normalized spacial score (nSPS) is 17.9. The predicted octanol–water partition coefficient (Wildman–Crippen LogP) is 2.68. The molecule has 1 aromatic heterocycles. The zero-order valence-corrected chi connectivity index (χ0v) is 16.8. The summed E-state index contributed by atoms with van der Waals surface area (Å²) in [5, 5.41) is 2.97. The van der Waals surface area contributed by atoms with Crippen LogP contribution in [-0.2, 0) is 9.47 Å². The Balaban J connectivity index is 1.97. The predicted molar refractivity (Wildman–Crippen MR) is 102 cm³/mol. The van der Waals surface area contributed by atoms with Gasteiger partial charge in [-0.2, -0.15) is 0 Å². The summed E-state index contributed by atoms with van der Waals surface area (Å²) in [5.74, 6) is 0. The van der Waals surface area contributed by atoms with E-state index < -0.39 is 5.60 Å². The van der Waals surface area contributed by atoms with Gasteiger partial charge in [0.2, 0.25) is 0 Å². The molecule has 1 atom stereocenters. The number of carbonyl (C=O) groups excluding carboxylic acids is 1. The molecule has 1 aliphatic heterocycles. The van der Waals surface area contributed by atoms with Crippen LogP contribution in [0.15, 0.2) is 23.3 Å². The van der Waals surface area contributed by atoms with E-state index in [1.54, 1.807) is 14.2 Å². The monoisotopic (exact) mass is 364 g/mol. The minimum atomic E-state index is -0.469. The third-order valence-electron chi connectivity index (χ3n) is 4.49. The van der Waals surface area contributed by atoms with Crippen molar-refractivity contribution in [2.45, 2.75) is 58.4 Å². The number of ether oxygens (including phenoxy) is 2. The topological polar surface area (TPSA) is 68.1 Å². The van der Waals surface area contributed by atoms with Crippen molar-refractivity contribution in [1.29, 1.82) is 0 Å². The molecule has 1 saturated heterocycles. The van der Waals surface area contributed by atoms with Gasteiger partial charge in [0, 0.05) is 51.2 Å². The van der Waals surface area contributed by atoms with Gasteiger partial charge in [-0.15, -0.1) is 0 Å². The summed E-state index contributed by atoms with van der Waals surface area (Å²) in [4.78, 5) is 18.6. The van der Waals surface area contributed by atoms with Crippen molar-refractivity contribution >= 4 is 11.8 Å². The van der Waals surface area contributed by atoms with E-state index in [2.05, 4.69) is 27.3 Å². The van der Waals surface area contributed by atoms with E-state index in [1.165, 1.54) is 0 Å². The molecular formula is C19H32N4O3. The Morgan fingerprint density at radius 1 is 1.35 bits per heavy atom. The van der Waals surface area contributed by atoms with Crippen LogP contribution in [0, 0.1) is 0 Å². The summed E-state index contributed by atoms with van der Waals surface area (Å²) in [6.45, 7) is 9.37. The highest BCUT2D eigenvalue weighted by atomic mass is 16.6. The number of hydrogen-bond donors (Lipinski definition) is 1. The first-order valence-corrected chi connectivity index (χ1v) is 9.16. The number of methoxy groups -OCH3 is 1. The van der Waals surface area contributed by atoms with Crippen LogP contribution in [0.4, 0.5) is 10.5 Å². The van der Waals surface area contributed by atoms with Gasteiger partial charge < -0.3 is 24.3 Å². The number of anilines is 1. The van der Waals surface area contributed by atoms with Crippen LogP contribution < -0.4 is 15.7 Å². The van der Waals surface area contributed by atoms with Crippen molar-refractivity contribution in [2.24, 2.45) is 4.99 Å². The second kappa shape index (κ2) is 8.58. The number of rotatable bonds is 4. The quantitative estimate of drug-likeness (QED) is 0.892. The highest BCUT2D eigenvalue weighted by Gasteiger charge is 2.24. The fourth-order valence-electron chi connectivity index (χ4n) is 3.04. The molecule has 1 fully saturated rings. The largest absolute Gasteiger partial charge is 0.444 e. The molecule has 2 heterocycles. The minimum Gasteiger partial charge on any atom is -0.444 e. The lowest BCUT2D eigenvalue weighted by Gasteiger charge is -2.34. The van der Waals surface area contributed by atoms with Gasteiger partial charge in [0.1, 0.15) is 17.3 Å². The Labute approximate surface area is 156 Å². The van der Waals surface area contributed by atoms with E-state index in [9.17, 15) is 4.79 Å². The van der Waals surface area contributed by atoms with Crippen molar-refractivity contribution in [2.75, 3.05) is 32.1 Å². The van der Waals surface area contributed by atoms with Crippen molar-refractivity contribution in [3.63, 3.8) is 0 Å². The third kappa shape index (κ3) is 5.49. The molecule has 0 spiro atoms. The fourth-order valence-corrected chi connectivity index (χ4v) is 3.04. The molecule has 7 heteroatoms. The van der Waals surface area contributed by atoms with Crippen LogP contribution in [-0.4, -0.2) is 49.6 Å². The molecule has 1 N–H and O–H groups in total. The lowest BCUT2D eigenvalue weighted by molar-refractivity contribution is 0.0497. The van der Waals surface area contributed by atoms with Gasteiger partial charge in [0.15, 0.2) is 0 Å². The Hall–Kier alpha value is -2.02. The molecule has 1 amide bonds. The van der Waals surface area contributed by atoms with Gasteiger partial charge in [0.05, 0.1) is 0 Å². The highest BCUT2D eigenvalue weighted by molar-refractivity contribution is 5.68. The highest BCUT2D eigenvalue weighted by Crippen LogP contribution is 2.19. The number of nitrogens with one attached hydrogen (secondary N) is 1. The molecule has 1 aromatic rings. The summed E-state index contributed by atoms with van der Waals surface area (Å²) >= 11 is 0. The smallest absolute Gasteiger partial charge is 0.407 e. The Morgan fingerprint density at radius 2 is 2.00 bits per heavy atom. The summed E-state index contributed by atoms with van der Waals surface area (Å²) in [5.41, 5.74) is 1.55. The number of nitrogens with zero attached hydrogens (tertiary/aromatic N) is 3. The first-order chi connectivity index (χ1) is 12.2. The van der Waals surface area contributed by atoms with E-state index in [0.29, 0.717) is 0 Å². The van der Waals surface area contributed by atoms with Crippen molar-refractivity contribution in [1.82, 2.24) is 9.88 Å². The molecule has 0 aliphatic carbocycles. The molecule has 2 rings (SSSR count). The van der Waals surface area contributed by atoms with Crippen LogP contribution in [0.25, 0.3) is 0 Å². The van der Waals surface area contributed by atoms with E-state index in [0.717, 1.165) is 37.1 Å². The number of piperidine rings is 1. The lowest BCUT2D eigenvalue weighted by Crippen LogP contribution is -2.46. The lowest BCUT2D eigenvalue weighted by atomic mass is 10.0. The Kier molecular flexibility index (Phi) is 6.69. The average Bonchev–Trinajstić information content (AvgIpc) is 2.59. The van der Waals surface area contributed by atoms with Crippen LogP contribution >= 0.6 is 0 Å². The molecule has 26 heavy (non-hydrogen) atoms. The SMILES string of the molecule is CN=c1cc(N2CCC(NC(=O)OC(C)(C)C)CC2)ccn1C(C)OC. The van der Waals surface area contributed by atoms with Crippen molar-refractivity contribution < 1.29 is 14.3 Å². The maximum atomic E-state index is 11.9. The molecule has 0 saturated carbocycles. The van der Waals surface area contributed by atoms with Gasteiger partial charge >= 0.3 is 6.09 Å². The second-order valence-corrected chi connectivity index (χ2v) is 7.62. The first-order valence-electron chi connectivity index (χ1n) is 9.16. The van der Waals surface area contributed by atoms with Gasteiger partial charge in [-0.05, 0) is 46.6 Å². The number of aromatic nitrogens is 1. The summed E-state index contributed by atoms with van der Waals surface area (Å²) in [6.07, 6.45) is 3.39. The second-order valence-electron chi connectivity index (χ2n) is 7.62. The standard InChI is InChI=1S/C19H32N4O3/c1-14(25-6)23-12-9-16(13-17(23)20-5)22-10-7-15(8-11-22)21-18(24)26-19(2,3)4/h9,12-15H,7-8,10-11H2,1-6H3,(H,21,24). The number of hydrogen-bond acceptors (Lipinski definition) is 5. The zero-order chi connectivity index (χ0) is 19.3. The first kappa shape index (κ1) is 20.3. The number of amides is 1. The van der Waals surface area contributed by atoms with Crippen molar-refractivity contribution in [3.05, 3.63) is 23.8 Å². The minimum absolute atomic E-state index is 0.0634. The molecule has 0 bridgehead atoms. The molecule has 146 valence electrons. The zero-order valence-electron chi connectivity index (χ0n) is 16.8. The van der Waals surface area contributed by atoms with Crippen LogP contribution in [0.5, 0.6) is 0 Å². The van der Waals surface area contributed by atoms with Crippen LogP contribution in [0.3, 0.4) is 0 Å². The maximum absolute atomic E-state index is 11.9. The van der Waals surface area contributed by atoms with Crippen LogP contribution in [0.1, 0.15) is 46.8 Å². The van der Waals surface area contributed by atoms with E-state index >= 15 is 0 Å². The number of pyridine rings is 1. The maximum Gasteiger partial charge on any atom is 0.407 e. The van der Waals surface area contributed by atoms with E-state index in [4.69, 9.17) is 9.47 Å². The molecule has 1 aliphatic rings. The number of carbonyl (C=O) groups is 1. The number of alkyl carbamates (subject to hydrolysis) is 1. The van der Waals surface area contributed by atoms with Gasteiger partial charge in [0.25, 0.3) is 0 Å². The summed E-state index contributed by atoms with van der Waals surface area (Å²) < 4.78 is 12.7. The molecule has 1 unspecified atom stereocenters. The van der Waals surface area contributed by atoms with Gasteiger partial charge in [-0.3, -0.25) is 4.99 Å². The third-order valence-corrected chi connectivity index (χ3v) is 4.49. The molecular weight excluding hydrogens is 332 g/mol.